The Bertz CT molecular complexity index is 441. The van der Waals surface area contributed by atoms with Crippen molar-refractivity contribution in [3.8, 4) is 0 Å². The molecule has 1 fully saturated rings. The van der Waals surface area contributed by atoms with Gasteiger partial charge in [-0.25, -0.2) is 0 Å². The average molecular weight is 326 g/mol. The minimum Gasteiger partial charge on any atom is -0.373 e. The molecule has 1 aliphatic rings. The van der Waals surface area contributed by atoms with Gasteiger partial charge in [-0.15, -0.1) is 0 Å². The van der Waals surface area contributed by atoms with Crippen molar-refractivity contribution in [2.45, 2.75) is 31.3 Å². The highest BCUT2D eigenvalue weighted by atomic mass is 79.9. The Kier molecular flexibility index (Phi) is 4.54. The zero-order valence-electron chi connectivity index (χ0n) is 12.1. The van der Waals surface area contributed by atoms with E-state index in [1.165, 1.54) is 24.9 Å². The van der Waals surface area contributed by atoms with E-state index >= 15 is 0 Å². The van der Waals surface area contributed by atoms with Crippen LogP contribution in [-0.4, -0.2) is 38.1 Å². The summed E-state index contributed by atoms with van der Waals surface area (Å²) in [6.07, 6.45) is 3.95. The molecule has 106 valence electrons. The summed E-state index contributed by atoms with van der Waals surface area (Å²) in [5.74, 6) is 0. The average Bonchev–Trinajstić information content (AvgIpc) is 2.32. The Hall–Kier alpha value is -0.580. The molecule has 19 heavy (non-hydrogen) atoms. The number of benzene rings is 1. The van der Waals surface area contributed by atoms with Gasteiger partial charge in [-0.3, -0.25) is 0 Å². The Balaban J connectivity index is 2.11. The topological polar surface area (TPSA) is 32.5 Å². The van der Waals surface area contributed by atoms with Crippen molar-refractivity contribution < 1.29 is 0 Å². The molecule has 1 saturated carbocycles. The highest BCUT2D eigenvalue weighted by Crippen LogP contribution is 2.37. The van der Waals surface area contributed by atoms with Crippen molar-refractivity contribution in [2.24, 2.45) is 5.73 Å². The van der Waals surface area contributed by atoms with Crippen molar-refractivity contribution in [3.05, 3.63) is 28.2 Å². The fourth-order valence-electron chi connectivity index (χ4n) is 2.80. The lowest BCUT2D eigenvalue weighted by Crippen LogP contribution is -2.56. The van der Waals surface area contributed by atoms with Crippen LogP contribution < -0.4 is 10.6 Å². The Morgan fingerprint density at radius 1 is 1.26 bits per heavy atom. The maximum Gasteiger partial charge on any atom is 0.0378 e. The van der Waals surface area contributed by atoms with E-state index < -0.39 is 0 Å². The Morgan fingerprint density at radius 3 is 2.37 bits per heavy atom. The van der Waals surface area contributed by atoms with Gasteiger partial charge in [0.25, 0.3) is 0 Å². The summed E-state index contributed by atoms with van der Waals surface area (Å²) in [4.78, 5) is 4.74. The zero-order valence-corrected chi connectivity index (χ0v) is 13.7. The molecule has 1 aromatic carbocycles. The van der Waals surface area contributed by atoms with Gasteiger partial charge in [0.15, 0.2) is 0 Å². The van der Waals surface area contributed by atoms with Gasteiger partial charge in [0.2, 0.25) is 0 Å². The number of nitrogens with zero attached hydrogens (tertiary/aromatic N) is 2. The summed E-state index contributed by atoms with van der Waals surface area (Å²) in [6, 6.07) is 6.44. The fraction of sp³-hybridized carbons (Fsp3) is 0.600. The van der Waals surface area contributed by atoms with Crippen LogP contribution in [0, 0.1) is 0 Å². The quantitative estimate of drug-likeness (QED) is 0.903. The van der Waals surface area contributed by atoms with Crippen LogP contribution in [0.1, 0.15) is 24.8 Å². The van der Waals surface area contributed by atoms with Crippen LogP contribution in [0.25, 0.3) is 0 Å². The molecule has 0 radical (unpaired) electrons. The van der Waals surface area contributed by atoms with Crippen LogP contribution in [0.5, 0.6) is 0 Å². The van der Waals surface area contributed by atoms with E-state index in [0.717, 1.165) is 16.6 Å². The largest absolute Gasteiger partial charge is 0.373 e. The number of anilines is 1. The normalized spacial score (nSPS) is 17.4. The first-order valence-electron chi connectivity index (χ1n) is 6.85. The molecular formula is C15H24BrN3. The zero-order chi connectivity index (χ0) is 14.0. The second-order valence-corrected chi connectivity index (χ2v) is 6.66. The van der Waals surface area contributed by atoms with Crippen LogP contribution in [-0.2, 0) is 6.54 Å². The third-order valence-corrected chi connectivity index (χ3v) is 5.20. The first-order chi connectivity index (χ1) is 8.98. The first kappa shape index (κ1) is 14.8. The van der Waals surface area contributed by atoms with Crippen molar-refractivity contribution in [1.29, 1.82) is 0 Å². The summed E-state index contributed by atoms with van der Waals surface area (Å²) in [5, 5.41) is 0. The summed E-state index contributed by atoms with van der Waals surface area (Å²) in [5.41, 5.74) is 8.46. The highest BCUT2D eigenvalue weighted by Gasteiger charge is 2.39. The summed E-state index contributed by atoms with van der Waals surface area (Å²) in [6.45, 7) is 1.65. The molecule has 0 heterocycles. The lowest BCUT2D eigenvalue weighted by Gasteiger charge is -2.49. The monoisotopic (exact) mass is 325 g/mol. The summed E-state index contributed by atoms with van der Waals surface area (Å²) >= 11 is 3.60. The predicted octanol–water partition coefficient (Wildman–Crippen LogP) is 2.83. The molecule has 0 atom stereocenters. The molecule has 2 rings (SSSR count). The lowest BCUT2D eigenvalue weighted by molar-refractivity contribution is 0.0683. The SMILES string of the molecule is CN(CC1(N(C)C)CCC1)c1ccc(CN)c(Br)c1. The first-order valence-corrected chi connectivity index (χ1v) is 7.65. The number of hydrogen-bond donors (Lipinski definition) is 1. The van der Waals surface area contributed by atoms with Crippen molar-refractivity contribution in [2.75, 3.05) is 32.6 Å². The van der Waals surface area contributed by atoms with E-state index in [1.54, 1.807) is 0 Å². The molecule has 0 unspecified atom stereocenters. The van der Waals surface area contributed by atoms with Crippen LogP contribution >= 0.6 is 15.9 Å². The van der Waals surface area contributed by atoms with Gasteiger partial charge in [0.1, 0.15) is 0 Å². The smallest absolute Gasteiger partial charge is 0.0378 e. The minimum atomic E-state index is 0.355. The van der Waals surface area contributed by atoms with Crippen LogP contribution in [0.15, 0.2) is 22.7 Å². The molecular weight excluding hydrogens is 302 g/mol. The molecule has 0 bridgehead atoms. The lowest BCUT2D eigenvalue weighted by atomic mass is 9.75. The molecule has 4 heteroatoms. The molecule has 0 spiro atoms. The fourth-order valence-corrected chi connectivity index (χ4v) is 3.33. The number of rotatable bonds is 5. The standard InChI is InChI=1S/C15H24BrN3/c1-18(2)15(7-4-8-15)11-19(3)13-6-5-12(10-17)14(16)9-13/h5-6,9H,4,7-8,10-11,17H2,1-3H3. The number of halogens is 1. The Morgan fingerprint density at radius 2 is 1.95 bits per heavy atom. The molecule has 0 aromatic heterocycles. The minimum absolute atomic E-state index is 0.355. The molecule has 0 saturated heterocycles. The van der Waals surface area contributed by atoms with Gasteiger partial charge < -0.3 is 15.5 Å². The summed E-state index contributed by atoms with van der Waals surface area (Å²) in [7, 11) is 6.56. The molecule has 0 amide bonds. The third kappa shape index (κ3) is 2.96. The maximum atomic E-state index is 5.70. The third-order valence-electron chi connectivity index (χ3n) is 4.46. The van der Waals surface area contributed by atoms with E-state index in [0.29, 0.717) is 12.1 Å². The molecule has 3 nitrogen and oxygen atoms in total. The number of nitrogens with two attached hydrogens (primary N) is 1. The van der Waals surface area contributed by atoms with Gasteiger partial charge in [0.05, 0.1) is 0 Å². The Labute approximate surface area is 124 Å². The van der Waals surface area contributed by atoms with Crippen molar-refractivity contribution in [1.82, 2.24) is 4.90 Å². The molecule has 0 aliphatic heterocycles. The van der Waals surface area contributed by atoms with E-state index in [2.05, 4.69) is 65.1 Å². The van der Waals surface area contributed by atoms with Crippen molar-refractivity contribution >= 4 is 21.6 Å². The van der Waals surface area contributed by atoms with Crippen molar-refractivity contribution in [3.63, 3.8) is 0 Å². The molecule has 1 aliphatic carbocycles. The second-order valence-electron chi connectivity index (χ2n) is 5.81. The summed E-state index contributed by atoms with van der Waals surface area (Å²) < 4.78 is 1.10. The molecule has 1 aromatic rings. The predicted molar refractivity (Wildman–Crippen MR) is 85.6 cm³/mol. The van der Waals surface area contributed by atoms with Gasteiger partial charge in [-0.2, -0.15) is 0 Å². The van der Waals surface area contributed by atoms with Gasteiger partial charge in [0, 0.05) is 35.8 Å². The van der Waals surface area contributed by atoms with Crippen LogP contribution in [0.3, 0.4) is 0 Å². The van der Waals surface area contributed by atoms with E-state index in [4.69, 9.17) is 5.73 Å². The number of likely N-dealkylation sites (N-methyl/N-ethyl adjacent to an activating group) is 2. The molecule has 2 N–H and O–H groups in total. The number of hydrogen-bond acceptors (Lipinski definition) is 3. The van der Waals surface area contributed by atoms with Crippen LogP contribution in [0.2, 0.25) is 0 Å². The van der Waals surface area contributed by atoms with Crippen LogP contribution in [0.4, 0.5) is 5.69 Å². The second kappa shape index (κ2) is 5.81. The van der Waals surface area contributed by atoms with Gasteiger partial charge in [-0.1, -0.05) is 22.0 Å². The van der Waals surface area contributed by atoms with Gasteiger partial charge >= 0.3 is 0 Å². The highest BCUT2D eigenvalue weighted by molar-refractivity contribution is 9.10. The van der Waals surface area contributed by atoms with E-state index in [-0.39, 0.29) is 0 Å². The van der Waals surface area contributed by atoms with E-state index in [1.807, 2.05) is 0 Å². The maximum absolute atomic E-state index is 5.70. The van der Waals surface area contributed by atoms with E-state index in [9.17, 15) is 0 Å². The van der Waals surface area contributed by atoms with Gasteiger partial charge in [-0.05, 0) is 51.1 Å².